The van der Waals surface area contributed by atoms with E-state index in [9.17, 15) is 22.8 Å². The molecule has 0 atom stereocenters. The first-order chi connectivity index (χ1) is 13.6. The molecule has 5 nitrogen and oxygen atoms in total. The molecule has 0 saturated carbocycles. The highest BCUT2D eigenvalue weighted by atomic mass is 19.4. The number of halogens is 3. The molecule has 29 heavy (non-hydrogen) atoms. The van der Waals surface area contributed by atoms with Crippen LogP contribution in [0.3, 0.4) is 0 Å². The van der Waals surface area contributed by atoms with Crippen LogP contribution in [-0.4, -0.2) is 24.2 Å². The molecule has 0 spiro atoms. The van der Waals surface area contributed by atoms with E-state index in [1.165, 1.54) is 30.3 Å². The van der Waals surface area contributed by atoms with Crippen molar-refractivity contribution in [3.8, 4) is 5.75 Å². The Hall–Kier alpha value is -3.29. The van der Waals surface area contributed by atoms with Crippen LogP contribution in [0.15, 0.2) is 54.6 Å². The Morgan fingerprint density at radius 2 is 1.72 bits per heavy atom. The third kappa shape index (κ3) is 8.08. The van der Waals surface area contributed by atoms with Crippen molar-refractivity contribution in [2.45, 2.75) is 32.7 Å². The number of para-hydroxylation sites is 1. The highest BCUT2D eigenvalue weighted by Crippen LogP contribution is 2.27. The number of ether oxygens (including phenoxy) is 1. The van der Waals surface area contributed by atoms with Crippen molar-refractivity contribution in [1.29, 1.82) is 0 Å². The van der Waals surface area contributed by atoms with Crippen LogP contribution >= 0.6 is 0 Å². The number of carbonyl (C=O) groups is 2. The van der Waals surface area contributed by atoms with Gasteiger partial charge in [0.1, 0.15) is 5.75 Å². The molecule has 0 saturated heterocycles. The summed E-state index contributed by atoms with van der Waals surface area (Å²) in [7, 11) is 0. The average Bonchev–Trinajstić information content (AvgIpc) is 2.60. The molecule has 0 bridgehead atoms. The Balaban J connectivity index is 1.97. The first kappa shape index (κ1) is 22.0. The molecule has 2 N–H and O–H groups in total. The summed E-state index contributed by atoms with van der Waals surface area (Å²) < 4.78 is 41.2. The molecule has 154 valence electrons. The second-order valence-corrected chi connectivity index (χ2v) is 6.50. The Morgan fingerprint density at radius 1 is 1.07 bits per heavy atom. The van der Waals surface area contributed by atoms with Crippen LogP contribution in [0.1, 0.15) is 25.0 Å². The number of alkyl halides is 3. The average molecular weight is 406 g/mol. The summed E-state index contributed by atoms with van der Waals surface area (Å²) in [6.45, 7) is 3.75. The molecule has 0 fully saturated rings. The first-order valence-corrected chi connectivity index (χ1v) is 8.84. The lowest BCUT2D eigenvalue weighted by Gasteiger charge is -2.11. The molecular weight excluding hydrogens is 385 g/mol. The summed E-state index contributed by atoms with van der Waals surface area (Å²) >= 11 is 0. The van der Waals surface area contributed by atoms with Crippen molar-refractivity contribution in [2.75, 3.05) is 5.32 Å². The fourth-order valence-electron chi connectivity index (χ4n) is 2.45. The van der Waals surface area contributed by atoms with Crippen molar-refractivity contribution in [1.82, 2.24) is 5.32 Å². The molecule has 0 aliphatic rings. The number of hydrogen-bond donors (Lipinski definition) is 2. The van der Waals surface area contributed by atoms with Crippen LogP contribution in [0, 0.1) is 0 Å². The molecule has 0 aromatic heterocycles. The van der Waals surface area contributed by atoms with Gasteiger partial charge in [0.25, 0.3) is 0 Å². The van der Waals surface area contributed by atoms with Crippen LogP contribution in [0.5, 0.6) is 5.75 Å². The van der Waals surface area contributed by atoms with Gasteiger partial charge in [0.05, 0.1) is 6.42 Å². The van der Waals surface area contributed by atoms with E-state index >= 15 is 0 Å². The Bertz CT molecular complexity index is 875. The molecule has 0 aliphatic heterocycles. The van der Waals surface area contributed by atoms with E-state index in [4.69, 9.17) is 0 Å². The maximum absolute atomic E-state index is 12.4. The normalized spacial score (nSPS) is 11.5. The zero-order valence-corrected chi connectivity index (χ0v) is 15.9. The van der Waals surface area contributed by atoms with Gasteiger partial charge in [-0.1, -0.05) is 30.3 Å². The van der Waals surface area contributed by atoms with Crippen LogP contribution in [-0.2, 0) is 16.0 Å². The van der Waals surface area contributed by atoms with E-state index in [0.29, 0.717) is 5.69 Å². The van der Waals surface area contributed by atoms with Crippen molar-refractivity contribution < 1.29 is 27.5 Å². The number of benzene rings is 2. The van der Waals surface area contributed by atoms with E-state index in [-0.39, 0.29) is 23.9 Å². The summed E-state index contributed by atoms with van der Waals surface area (Å²) in [6, 6.07) is 12.3. The van der Waals surface area contributed by atoms with Crippen molar-refractivity contribution in [3.63, 3.8) is 0 Å². The number of carbonyl (C=O) groups excluding carboxylic acids is 2. The van der Waals surface area contributed by atoms with Gasteiger partial charge in [-0.05, 0) is 43.7 Å². The summed E-state index contributed by atoms with van der Waals surface area (Å²) in [5.74, 6) is -1.01. The van der Waals surface area contributed by atoms with E-state index in [1.54, 1.807) is 24.3 Å². The first-order valence-electron chi connectivity index (χ1n) is 8.84. The minimum absolute atomic E-state index is 0.0551. The predicted molar refractivity (Wildman–Crippen MR) is 104 cm³/mol. The van der Waals surface area contributed by atoms with Gasteiger partial charge in [0, 0.05) is 23.4 Å². The highest BCUT2D eigenvalue weighted by molar-refractivity contribution is 6.02. The zero-order valence-electron chi connectivity index (χ0n) is 15.9. The van der Waals surface area contributed by atoms with Crippen molar-refractivity contribution >= 4 is 23.6 Å². The Kier molecular flexibility index (Phi) is 7.41. The molecule has 2 rings (SSSR count). The maximum Gasteiger partial charge on any atom is 0.573 e. The second-order valence-electron chi connectivity index (χ2n) is 6.50. The number of rotatable bonds is 7. The van der Waals surface area contributed by atoms with E-state index in [0.717, 1.165) is 11.6 Å². The molecule has 0 heterocycles. The van der Waals surface area contributed by atoms with E-state index < -0.39 is 18.0 Å². The molecule has 0 unspecified atom stereocenters. The molecule has 8 heteroatoms. The quantitative estimate of drug-likeness (QED) is 0.674. The molecule has 2 aromatic carbocycles. The fraction of sp³-hybridized carbons (Fsp3) is 0.238. The summed E-state index contributed by atoms with van der Waals surface area (Å²) in [4.78, 5) is 23.8. The van der Waals surface area contributed by atoms with Gasteiger partial charge in [-0.25, -0.2) is 0 Å². The van der Waals surface area contributed by atoms with Gasteiger partial charge < -0.3 is 15.4 Å². The lowest BCUT2D eigenvalue weighted by Crippen LogP contribution is -2.31. The predicted octanol–water partition coefficient (Wildman–Crippen LogP) is 4.30. The van der Waals surface area contributed by atoms with Gasteiger partial charge in [-0.2, -0.15) is 0 Å². The van der Waals surface area contributed by atoms with Gasteiger partial charge in [-0.15, -0.1) is 13.2 Å². The highest BCUT2D eigenvalue weighted by Gasteiger charge is 2.31. The number of amides is 2. The standard InChI is InChI=1S/C21H21F3N2O3/c1-14(2)25-20(28)13-15-7-10-17(11-8-15)26-19(27)12-9-16-5-3-4-6-18(16)29-21(22,23)24/h3-12,14H,13H2,1-2H3,(H,25,28)(H,26,27)/b12-9+. The Labute approximate surface area is 166 Å². The Morgan fingerprint density at radius 3 is 2.34 bits per heavy atom. The van der Waals surface area contributed by atoms with Crippen molar-refractivity contribution in [2.24, 2.45) is 0 Å². The minimum atomic E-state index is -4.82. The molecule has 0 radical (unpaired) electrons. The van der Waals surface area contributed by atoms with E-state index in [1.807, 2.05) is 13.8 Å². The van der Waals surface area contributed by atoms with Gasteiger partial charge in [-0.3, -0.25) is 9.59 Å². The lowest BCUT2D eigenvalue weighted by atomic mass is 10.1. The largest absolute Gasteiger partial charge is 0.573 e. The smallest absolute Gasteiger partial charge is 0.405 e. The molecule has 2 amide bonds. The minimum Gasteiger partial charge on any atom is -0.405 e. The number of nitrogens with one attached hydrogen (secondary N) is 2. The van der Waals surface area contributed by atoms with Gasteiger partial charge in [0.2, 0.25) is 11.8 Å². The number of hydrogen-bond acceptors (Lipinski definition) is 3. The SMILES string of the molecule is CC(C)NC(=O)Cc1ccc(NC(=O)/C=C/c2ccccc2OC(F)(F)F)cc1. The van der Waals surface area contributed by atoms with E-state index in [2.05, 4.69) is 15.4 Å². The summed E-state index contributed by atoms with van der Waals surface area (Å²) in [5, 5.41) is 5.39. The monoisotopic (exact) mass is 406 g/mol. The van der Waals surface area contributed by atoms with Gasteiger partial charge in [0.15, 0.2) is 0 Å². The second kappa shape index (κ2) is 9.77. The molecule has 2 aromatic rings. The van der Waals surface area contributed by atoms with Crippen LogP contribution in [0.25, 0.3) is 6.08 Å². The third-order valence-corrected chi connectivity index (χ3v) is 3.59. The lowest BCUT2D eigenvalue weighted by molar-refractivity contribution is -0.274. The van der Waals surface area contributed by atoms with Crippen molar-refractivity contribution in [3.05, 3.63) is 65.7 Å². The third-order valence-electron chi connectivity index (χ3n) is 3.59. The molecular formula is C21H21F3N2O3. The van der Waals surface area contributed by atoms with Crippen LogP contribution in [0.2, 0.25) is 0 Å². The van der Waals surface area contributed by atoms with Gasteiger partial charge >= 0.3 is 6.36 Å². The van der Waals surface area contributed by atoms with Crippen LogP contribution < -0.4 is 15.4 Å². The fourth-order valence-corrected chi connectivity index (χ4v) is 2.45. The van der Waals surface area contributed by atoms with Crippen LogP contribution in [0.4, 0.5) is 18.9 Å². The molecule has 0 aliphatic carbocycles. The number of anilines is 1. The summed E-state index contributed by atoms with van der Waals surface area (Å²) in [6.07, 6.45) is -2.24. The maximum atomic E-state index is 12.4. The summed E-state index contributed by atoms with van der Waals surface area (Å²) in [5.41, 5.74) is 1.40. The topological polar surface area (TPSA) is 67.4 Å². The zero-order chi connectivity index (χ0) is 21.4.